The minimum absolute atomic E-state index is 0.0134. The number of likely N-dealkylation sites (tertiary alicyclic amines) is 1. The Hall–Kier alpha value is -2.16. The highest BCUT2D eigenvalue weighted by Crippen LogP contribution is 2.25. The number of nitrogens with one attached hydrogen (secondary N) is 2. The molecule has 2 N–H and O–H groups in total. The molecule has 170 valence electrons. The van der Waals surface area contributed by atoms with Gasteiger partial charge in [0, 0.05) is 37.6 Å². The maximum atomic E-state index is 13.0. The average Bonchev–Trinajstić information content (AvgIpc) is 2.99. The number of benzene rings is 1. The summed E-state index contributed by atoms with van der Waals surface area (Å²) in [4.78, 5) is 14.3. The van der Waals surface area contributed by atoms with Gasteiger partial charge in [0.15, 0.2) is 0 Å². The molecule has 7 nitrogen and oxygen atoms in total. The van der Waals surface area contributed by atoms with Crippen molar-refractivity contribution in [1.29, 1.82) is 0 Å². The molecule has 31 heavy (non-hydrogen) atoms. The van der Waals surface area contributed by atoms with E-state index in [1.165, 1.54) is 25.0 Å². The van der Waals surface area contributed by atoms with E-state index in [2.05, 4.69) is 25.6 Å². The Morgan fingerprint density at radius 3 is 2.32 bits per heavy atom. The lowest BCUT2D eigenvalue weighted by molar-refractivity contribution is -0.116. The molecular weight excluding hydrogens is 412 g/mol. The summed E-state index contributed by atoms with van der Waals surface area (Å²) in [6.45, 7) is 4.21. The first-order valence-electron chi connectivity index (χ1n) is 11.2. The van der Waals surface area contributed by atoms with Crippen LogP contribution < -0.4 is 10.0 Å². The molecule has 1 unspecified atom stereocenters. The van der Waals surface area contributed by atoms with Crippen LogP contribution in [0.4, 0.5) is 5.69 Å². The van der Waals surface area contributed by atoms with Crippen LogP contribution in [0.1, 0.15) is 57.2 Å². The molecule has 1 aliphatic rings. The predicted octanol–water partition coefficient (Wildman–Crippen LogP) is 3.66. The van der Waals surface area contributed by atoms with E-state index in [4.69, 9.17) is 0 Å². The summed E-state index contributed by atoms with van der Waals surface area (Å²) in [7, 11) is -1.66. The van der Waals surface area contributed by atoms with Crippen LogP contribution in [0, 0.1) is 0 Å². The number of rotatable bonds is 9. The van der Waals surface area contributed by atoms with E-state index in [9.17, 15) is 13.2 Å². The lowest BCUT2D eigenvalue weighted by Crippen LogP contribution is -2.39. The Morgan fingerprint density at radius 1 is 1.06 bits per heavy atom. The number of carbonyl (C=O) groups is 1. The van der Waals surface area contributed by atoms with Gasteiger partial charge in [0.05, 0.1) is 10.9 Å². The van der Waals surface area contributed by atoms with Crippen LogP contribution in [0.15, 0.2) is 47.5 Å². The largest absolute Gasteiger partial charge is 0.353 e. The van der Waals surface area contributed by atoms with Crippen LogP contribution >= 0.6 is 0 Å². The number of carbonyl (C=O) groups excluding carboxylic acids is 1. The van der Waals surface area contributed by atoms with Gasteiger partial charge in [-0.05, 0) is 68.8 Å². The van der Waals surface area contributed by atoms with Crippen molar-refractivity contribution in [2.75, 3.05) is 25.0 Å². The molecule has 1 aromatic carbocycles. The Kier molecular flexibility index (Phi) is 8.28. The minimum Gasteiger partial charge on any atom is -0.353 e. The van der Waals surface area contributed by atoms with E-state index in [0.29, 0.717) is 18.7 Å². The first kappa shape index (κ1) is 23.5. The predicted molar refractivity (Wildman–Crippen MR) is 123 cm³/mol. The number of hydrogen-bond acceptors (Lipinski definition) is 4. The number of hydrogen-bond donors (Lipinski definition) is 2. The van der Waals surface area contributed by atoms with Crippen molar-refractivity contribution >= 4 is 21.6 Å². The highest BCUT2D eigenvalue weighted by molar-refractivity contribution is 7.89. The van der Waals surface area contributed by atoms with Crippen LogP contribution in [0.25, 0.3) is 0 Å². The fourth-order valence-corrected chi connectivity index (χ4v) is 5.13. The molecule has 0 radical (unpaired) electrons. The van der Waals surface area contributed by atoms with Gasteiger partial charge in [-0.1, -0.05) is 19.8 Å². The third kappa shape index (κ3) is 6.41. The summed E-state index contributed by atoms with van der Waals surface area (Å²) in [5.74, 6) is -0.0703. The molecule has 1 amide bonds. The minimum atomic E-state index is -3.66. The number of anilines is 1. The molecular formula is C23H34N4O3S. The van der Waals surface area contributed by atoms with Crippen LogP contribution in [-0.4, -0.2) is 43.4 Å². The van der Waals surface area contributed by atoms with Crippen molar-refractivity contribution < 1.29 is 13.2 Å². The fourth-order valence-electron chi connectivity index (χ4n) is 4.09. The van der Waals surface area contributed by atoms with Crippen molar-refractivity contribution in [2.45, 2.75) is 56.4 Å². The maximum absolute atomic E-state index is 13.0. The zero-order valence-electron chi connectivity index (χ0n) is 18.5. The van der Waals surface area contributed by atoms with Gasteiger partial charge in [-0.25, -0.2) is 13.1 Å². The first-order valence-corrected chi connectivity index (χ1v) is 12.6. The third-order valence-corrected chi connectivity index (χ3v) is 7.24. The highest BCUT2D eigenvalue weighted by atomic mass is 32.2. The zero-order valence-corrected chi connectivity index (χ0v) is 19.3. The van der Waals surface area contributed by atoms with E-state index < -0.39 is 10.0 Å². The summed E-state index contributed by atoms with van der Waals surface area (Å²) in [6.07, 6.45) is 7.94. The van der Waals surface area contributed by atoms with Gasteiger partial charge in [-0.15, -0.1) is 0 Å². The van der Waals surface area contributed by atoms with Gasteiger partial charge in [-0.2, -0.15) is 0 Å². The molecule has 3 rings (SSSR count). The summed E-state index contributed by atoms with van der Waals surface area (Å²) < 4.78 is 30.8. The van der Waals surface area contributed by atoms with E-state index in [1.807, 2.05) is 26.2 Å². The molecule has 0 spiro atoms. The van der Waals surface area contributed by atoms with Crippen LogP contribution in [-0.2, 0) is 21.9 Å². The summed E-state index contributed by atoms with van der Waals surface area (Å²) >= 11 is 0. The highest BCUT2D eigenvalue weighted by Gasteiger charge is 2.25. The molecule has 1 aliphatic heterocycles. The molecule has 0 aliphatic carbocycles. The second-order valence-electron chi connectivity index (χ2n) is 8.18. The average molecular weight is 447 g/mol. The van der Waals surface area contributed by atoms with Gasteiger partial charge >= 0.3 is 0 Å². The van der Waals surface area contributed by atoms with E-state index in [0.717, 1.165) is 38.0 Å². The SMILES string of the molecule is CCCC(=O)Nc1ccc(S(=O)(=O)NCC(c2cccn2C)N2CCCCCC2)cc1. The zero-order chi connectivity index (χ0) is 22.3. The van der Waals surface area contributed by atoms with Crippen molar-refractivity contribution in [3.63, 3.8) is 0 Å². The van der Waals surface area contributed by atoms with Crippen LogP contribution in [0.2, 0.25) is 0 Å². The first-order chi connectivity index (χ1) is 14.9. The lowest BCUT2D eigenvalue weighted by atomic mass is 10.1. The normalized spacial score (nSPS) is 16.6. The molecule has 0 saturated carbocycles. The number of aryl methyl sites for hydroxylation is 1. The third-order valence-electron chi connectivity index (χ3n) is 5.80. The summed E-state index contributed by atoms with van der Waals surface area (Å²) in [5.41, 5.74) is 1.71. The molecule has 2 aromatic rings. The molecule has 1 fully saturated rings. The van der Waals surface area contributed by atoms with Crippen molar-refractivity contribution in [1.82, 2.24) is 14.2 Å². The van der Waals surface area contributed by atoms with Crippen molar-refractivity contribution in [2.24, 2.45) is 7.05 Å². The Labute approximate surface area is 185 Å². The van der Waals surface area contributed by atoms with Crippen LogP contribution in [0.3, 0.4) is 0 Å². The molecule has 2 heterocycles. The van der Waals surface area contributed by atoms with Crippen LogP contribution in [0.5, 0.6) is 0 Å². The van der Waals surface area contributed by atoms with Crippen molar-refractivity contribution in [3.05, 3.63) is 48.3 Å². The molecule has 0 bridgehead atoms. The quantitative estimate of drug-likeness (QED) is 0.616. The molecule has 1 aromatic heterocycles. The van der Waals surface area contributed by atoms with Gasteiger partial charge in [0.2, 0.25) is 15.9 Å². The summed E-state index contributed by atoms with van der Waals surface area (Å²) in [6, 6.07) is 10.4. The standard InChI is InChI=1S/C23H34N4O3S/c1-3-9-23(28)25-19-11-13-20(14-12-19)31(29,30)24-18-22(21-10-8-15-26(21)2)27-16-6-4-5-7-17-27/h8,10-15,22,24H,3-7,9,16-18H2,1-2H3,(H,25,28). The smallest absolute Gasteiger partial charge is 0.240 e. The second-order valence-corrected chi connectivity index (χ2v) is 9.95. The van der Waals surface area contributed by atoms with Gasteiger partial charge in [-0.3, -0.25) is 9.69 Å². The lowest BCUT2D eigenvalue weighted by Gasteiger charge is -2.31. The number of aromatic nitrogens is 1. The maximum Gasteiger partial charge on any atom is 0.240 e. The fraction of sp³-hybridized carbons (Fsp3) is 0.522. The van der Waals surface area contributed by atoms with E-state index in [-0.39, 0.29) is 16.8 Å². The van der Waals surface area contributed by atoms with Gasteiger partial charge < -0.3 is 9.88 Å². The van der Waals surface area contributed by atoms with E-state index >= 15 is 0 Å². The van der Waals surface area contributed by atoms with Gasteiger partial charge in [0.1, 0.15) is 0 Å². The molecule has 1 saturated heterocycles. The Bertz CT molecular complexity index is 945. The summed E-state index contributed by atoms with van der Waals surface area (Å²) in [5, 5.41) is 2.78. The Balaban J connectivity index is 1.71. The monoisotopic (exact) mass is 446 g/mol. The topological polar surface area (TPSA) is 83.4 Å². The van der Waals surface area contributed by atoms with E-state index in [1.54, 1.807) is 12.1 Å². The van der Waals surface area contributed by atoms with Crippen molar-refractivity contribution in [3.8, 4) is 0 Å². The number of amides is 1. The molecule has 8 heteroatoms. The second kappa shape index (κ2) is 10.9. The Morgan fingerprint density at radius 2 is 1.74 bits per heavy atom. The van der Waals surface area contributed by atoms with Gasteiger partial charge in [0.25, 0.3) is 0 Å². The number of nitrogens with zero attached hydrogens (tertiary/aromatic N) is 2. The molecule has 1 atom stereocenters. The number of sulfonamides is 1.